The van der Waals surface area contributed by atoms with Crippen molar-refractivity contribution in [2.75, 3.05) is 26.2 Å². The van der Waals surface area contributed by atoms with E-state index in [1.54, 1.807) is 0 Å². The number of rotatable bonds is 6. The molecule has 1 aromatic rings. The fraction of sp³-hybridized carbons (Fsp3) is 0.800. The second-order valence-corrected chi connectivity index (χ2v) is 6.44. The molecule has 1 aromatic heterocycles. The van der Waals surface area contributed by atoms with Crippen LogP contribution in [-0.4, -0.2) is 58.2 Å². The first-order valence-corrected chi connectivity index (χ1v) is 8.59. The maximum Gasteiger partial charge on any atom is 0.0964 e. The third-order valence-corrected chi connectivity index (χ3v) is 5.03. The summed E-state index contributed by atoms with van der Waals surface area (Å²) < 4.78 is 8.73. The van der Waals surface area contributed by atoms with Crippen LogP contribution in [0.4, 0.5) is 0 Å². The lowest BCUT2D eigenvalue weighted by Crippen LogP contribution is -2.48. The zero-order valence-corrected chi connectivity index (χ0v) is 14.8. The quantitative estimate of drug-likeness (QED) is 0.843. The van der Waals surface area contributed by atoms with Gasteiger partial charge in [-0.25, -0.2) is 0 Å². The van der Waals surface area contributed by atoms with E-state index >= 15 is 0 Å². The fourth-order valence-electron chi connectivity index (χ4n) is 2.88. The van der Waals surface area contributed by atoms with Gasteiger partial charge in [-0.15, -0.1) is 0 Å². The number of aliphatic hydroxyl groups is 1. The first-order chi connectivity index (χ1) is 10.1. The van der Waals surface area contributed by atoms with E-state index in [0.29, 0.717) is 13.0 Å². The van der Waals surface area contributed by atoms with Crippen molar-refractivity contribution in [1.29, 1.82) is 0 Å². The van der Waals surface area contributed by atoms with Crippen LogP contribution in [0.2, 0.25) is 0 Å². The van der Waals surface area contributed by atoms with Crippen molar-refractivity contribution in [3.8, 4) is 0 Å². The van der Waals surface area contributed by atoms with Crippen molar-refractivity contribution < 1.29 is 9.84 Å². The third kappa shape index (κ3) is 4.06. The zero-order valence-electron chi connectivity index (χ0n) is 13.2. The number of aryl methyl sites for hydroxylation is 2. The molecule has 0 aromatic carbocycles. The summed E-state index contributed by atoms with van der Waals surface area (Å²) in [7, 11) is 0. The number of morpholine rings is 1. The lowest BCUT2D eigenvalue weighted by molar-refractivity contribution is -0.0882. The second kappa shape index (κ2) is 7.72. The van der Waals surface area contributed by atoms with Crippen molar-refractivity contribution in [2.45, 2.75) is 52.4 Å². The Kier molecular flexibility index (Phi) is 6.22. The summed E-state index contributed by atoms with van der Waals surface area (Å²) in [5.74, 6) is 0. The number of hydrogen-bond acceptors (Lipinski definition) is 4. The molecule has 1 aliphatic rings. The molecule has 1 aliphatic heterocycles. The number of aliphatic hydroxyl groups excluding tert-OH is 1. The molecule has 2 rings (SSSR count). The summed E-state index contributed by atoms with van der Waals surface area (Å²) >= 11 is 3.59. The highest BCUT2D eigenvalue weighted by Crippen LogP contribution is 2.24. The van der Waals surface area contributed by atoms with Gasteiger partial charge in [0, 0.05) is 26.1 Å². The van der Waals surface area contributed by atoms with E-state index in [1.165, 1.54) is 0 Å². The highest BCUT2D eigenvalue weighted by molar-refractivity contribution is 9.10. The summed E-state index contributed by atoms with van der Waals surface area (Å²) in [5, 5.41) is 15.0. The van der Waals surface area contributed by atoms with Crippen molar-refractivity contribution in [1.82, 2.24) is 14.7 Å². The Balaban J connectivity index is 2.02. The predicted octanol–water partition coefficient (Wildman–Crippen LogP) is 1.99. The Labute approximate surface area is 135 Å². The molecule has 21 heavy (non-hydrogen) atoms. The van der Waals surface area contributed by atoms with Gasteiger partial charge >= 0.3 is 0 Å². The maximum absolute atomic E-state index is 10.6. The fourth-order valence-corrected chi connectivity index (χ4v) is 3.32. The average molecular weight is 360 g/mol. The highest BCUT2D eigenvalue weighted by atomic mass is 79.9. The van der Waals surface area contributed by atoms with Gasteiger partial charge in [0.05, 0.1) is 34.7 Å². The van der Waals surface area contributed by atoms with Crippen LogP contribution in [0.3, 0.4) is 0 Å². The van der Waals surface area contributed by atoms with E-state index in [1.807, 2.05) is 11.6 Å². The topological polar surface area (TPSA) is 50.5 Å². The van der Waals surface area contributed by atoms with Crippen LogP contribution in [0, 0.1) is 6.92 Å². The molecule has 2 atom stereocenters. The lowest BCUT2D eigenvalue weighted by Gasteiger charge is -2.35. The van der Waals surface area contributed by atoms with Crippen molar-refractivity contribution >= 4 is 15.9 Å². The maximum atomic E-state index is 10.6. The molecule has 0 aliphatic carbocycles. The van der Waals surface area contributed by atoms with Gasteiger partial charge in [0.15, 0.2) is 0 Å². The van der Waals surface area contributed by atoms with Gasteiger partial charge in [-0.05, 0) is 42.7 Å². The monoisotopic (exact) mass is 359 g/mol. The van der Waals surface area contributed by atoms with Gasteiger partial charge in [-0.2, -0.15) is 5.10 Å². The number of nitrogens with zero attached hydrogens (tertiary/aromatic N) is 3. The minimum absolute atomic E-state index is 0.113. The van der Waals surface area contributed by atoms with Crippen LogP contribution >= 0.6 is 15.9 Å². The highest BCUT2D eigenvalue weighted by Gasteiger charge is 2.28. The molecule has 1 saturated heterocycles. The molecule has 0 amide bonds. The molecule has 2 unspecified atom stereocenters. The van der Waals surface area contributed by atoms with Gasteiger partial charge in [-0.3, -0.25) is 9.58 Å². The van der Waals surface area contributed by atoms with Crippen molar-refractivity contribution in [3.05, 3.63) is 15.9 Å². The summed E-state index contributed by atoms with van der Waals surface area (Å²) in [6.07, 6.45) is 1.09. The Morgan fingerprint density at radius 2 is 2.24 bits per heavy atom. The molecule has 1 N–H and O–H groups in total. The second-order valence-electron chi connectivity index (χ2n) is 5.64. The van der Waals surface area contributed by atoms with E-state index in [2.05, 4.69) is 39.8 Å². The molecule has 1 fully saturated rings. The van der Waals surface area contributed by atoms with Gasteiger partial charge in [0.2, 0.25) is 0 Å². The molecule has 5 nitrogen and oxygen atoms in total. The number of ether oxygens (including phenoxy) is 1. The van der Waals surface area contributed by atoms with E-state index in [0.717, 1.165) is 48.5 Å². The Hall–Kier alpha value is -0.430. The van der Waals surface area contributed by atoms with E-state index in [4.69, 9.17) is 4.74 Å². The van der Waals surface area contributed by atoms with Crippen LogP contribution in [0.5, 0.6) is 0 Å². The Bertz CT molecular complexity index is 462. The van der Waals surface area contributed by atoms with E-state index in [9.17, 15) is 5.11 Å². The normalized spacial score (nSPS) is 21.7. The van der Waals surface area contributed by atoms with Crippen molar-refractivity contribution in [2.24, 2.45) is 0 Å². The van der Waals surface area contributed by atoms with Crippen LogP contribution in [0.1, 0.15) is 31.7 Å². The Morgan fingerprint density at radius 1 is 1.48 bits per heavy atom. The predicted molar refractivity (Wildman–Crippen MR) is 86.5 cm³/mol. The molecule has 0 bridgehead atoms. The third-order valence-electron chi connectivity index (χ3n) is 4.00. The van der Waals surface area contributed by atoms with Crippen molar-refractivity contribution in [3.63, 3.8) is 0 Å². The zero-order chi connectivity index (χ0) is 15.4. The van der Waals surface area contributed by atoms with Crippen LogP contribution in [-0.2, 0) is 17.7 Å². The van der Waals surface area contributed by atoms with Crippen LogP contribution in [0.15, 0.2) is 4.47 Å². The minimum atomic E-state index is -0.498. The SMILES string of the molecule is CCCN1CCOC(C(O)Cc2c(Br)c(C)nn2CC)C1. The largest absolute Gasteiger partial charge is 0.390 e. The summed E-state index contributed by atoms with van der Waals surface area (Å²) in [6, 6.07) is 0. The van der Waals surface area contributed by atoms with E-state index in [-0.39, 0.29) is 6.10 Å². The first kappa shape index (κ1) is 16.9. The van der Waals surface area contributed by atoms with Gasteiger partial charge in [0.25, 0.3) is 0 Å². The summed E-state index contributed by atoms with van der Waals surface area (Å²) in [6.45, 7) is 10.6. The van der Waals surface area contributed by atoms with Gasteiger partial charge < -0.3 is 9.84 Å². The average Bonchev–Trinajstić information content (AvgIpc) is 2.75. The number of aromatic nitrogens is 2. The molecule has 2 heterocycles. The van der Waals surface area contributed by atoms with Crippen LogP contribution in [0.25, 0.3) is 0 Å². The molecular weight excluding hydrogens is 334 g/mol. The lowest BCUT2D eigenvalue weighted by atomic mass is 10.1. The molecular formula is C15H26BrN3O2. The first-order valence-electron chi connectivity index (χ1n) is 7.80. The van der Waals surface area contributed by atoms with E-state index < -0.39 is 6.10 Å². The molecule has 120 valence electrons. The number of hydrogen-bond donors (Lipinski definition) is 1. The van der Waals surface area contributed by atoms with Gasteiger partial charge in [0.1, 0.15) is 0 Å². The molecule has 0 radical (unpaired) electrons. The molecule has 6 heteroatoms. The minimum Gasteiger partial charge on any atom is -0.390 e. The smallest absolute Gasteiger partial charge is 0.0964 e. The summed E-state index contributed by atoms with van der Waals surface area (Å²) in [4.78, 5) is 2.37. The molecule has 0 saturated carbocycles. The number of halogens is 1. The summed E-state index contributed by atoms with van der Waals surface area (Å²) in [5.41, 5.74) is 2.02. The van der Waals surface area contributed by atoms with Gasteiger partial charge in [-0.1, -0.05) is 6.92 Å². The Morgan fingerprint density at radius 3 is 2.90 bits per heavy atom. The standard InChI is InChI=1S/C15H26BrN3O2/c1-4-6-18-7-8-21-14(10-18)13(20)9-12-15(16)11(3)17-19(12)5-2/h13-14,20H,4-10H2,1-3H3. The van der Waals surface area contributed by atoms with Crippen LogP contribution < -0.4 is 0 Å². The molecule has 0 spiro atoms.